The van der Waals surface area contributed by atoms with Crippen LogP contribution in [0.3, 0.4) is 0 Å². The number of nitrogens with zero attached hydrogens (tertiary/aromatic N) is 1. The molecular formula is C17H18N2O. The highest BCUT2D eigenvalue weighted by Crippen LogP contribution is 2.48. The predicted molar refractivity (Wildman–Crippen MR) is 81.6 cm³/mol. The standard InChI is InChI=1S/C17H18N2O/c1-19(14-9-7-13(18)8-10-14)17(20)16-11-15(16)12-5-3-2-4-6-12/h2-10,15-16H,11,18H2,1H3. The molecule has 1 amide bonds. The summed E-state index contributed by atoms with van der Waals surface area (Å²) in [6, 6.07) is 17.7. The number of nitrogen functional groups attached to an aromatic ring is 1. The molecule has 2 N–H and O–H groups in total. The molecular weight excluding hydrogens is 248 g/mol. The van der Waals surface area contributed by atoms with Crippen molar-refractivity contribution in [3.63, 3.8) is 0 Å². The highest BCUT2D eigenvalue weighted by Gasteiger charge is 2.45. The highest BCUT2D eigenvalue weighted by molar-refractivity contribution is 5.97. The molecule has 0 radical (unpaired) electrons. The first-order chi connectivity index (χ1) is 9.66. The van der Waals surface area contributed by atoms with Crippen molar-refractivity contribution in [3.05, 3.63) is 60.2 Å². The van der Waals surface area contributed by atoms with Crippen molar-refractivity contribution in [1.82, 2.24) is 0 Å². The molecule has 1 aliphatic carbocycles. The van der Waals surface area contributed by atoms with Crippen molar-refractivity contribution in [2.75, 3.05) is 17.7 Å². The average Bonchev–Trinajstić information content (AvgIpc) is 3.28. The van der Waals surface area contributed by atoms with Gasteiger partial charge in [0.1, 0.15) is 0 Å². The van der Waals surface area contributed by atoms with Gasteiger partial charge in [-0.1, -0.05) is 30.3 Å². The molecule has 2 aromatic carbocycles. The third-order valence-corrected chi connectivity index (χ3v) is 3.95. The van der Waals surface area contributed by atoms with E-state index in [0.29, 0.717) is 11.6 Å². The molecule has 0 aromatic heterocycles. The lowest BCUT2D eigenvalue weighted by Gasteiger charge is -2.17. The van der Waals surface area contributed by atoms with Gasteiger partial charge in [-0.05, 0) is 42.2 Å². The van der Waals surface area contributed by atoms with E-state index in [2.05, 4.69) is 12.1 Å². The van der Waals surface area contributed by atoms with Crippen molar-refractivity contribution in [2.24, 2.45) is 5.92 Å². The Hall–Kier alpha value is -2.29. The fourth-order valence-corrected chi connectivity index (χ4v) is 2.61. The number of hydrogen-bond donors (Lipinski definition) is 1. The summed E-state index contributed by atoms with van der Waals surface area (Å²) < 4.78 is 0. The quantitative estimate of drug-likeness (QED) is 0.868. The largest absolute Gasteiger partial charge is 0.399 e. The van der Waals surface area contributed by atoms with Gasteiger partial charge in [-0.25, -0.2) is 0 Å². The molecule has 1 saturated carbocycles. The molecule has 0 aliphatic heterocycles. The van der Waals surface area contributed by atoms with Gasteiger partial charge in [-0.3, -0.25) is 4.79 Å². The summed E-state index contributed by atoms with van der Waals surface area (Å²) in [5, 5.41) is 0. The van der Waals surface area contributed by atoms with Crippen molar-refractivity contribution < 1.29 is 4.79 Å². The van der Waals surface area contributed by atoms with Gasteiger partial charge in [-0.15, -0.1) is 0 Å². The summed E-state index contributed by atoms with van der Waals surface area (Å²) >= 11 is 0. The maximum atomic E-state index is 12.5. The summed E-state index contributed by atoms with van der Waals surface area (Å²) in [6.45, 7) is 0. The van der Waals surface area contributed by atoms with E-state index in [-0.39, 0.29) is 11.8 Å². The maximum Gasteiger partial charge on any atom is 0.230 e. The van der Waals surface area contributed by atoms with Crippen LogP contribution in [0.15, 0.2) is 54.6 Å². The number of hydrogen-bond acceptors (Lipinski definition) is 2. The second-order valence-electron chi connectivity index (χ2n) is 5.35. The van der Waals surface area contributed by atoms with Crippen molar-refractivity contribution >= 4 is 17.3 Å². The first-order valence-electron chi connectivity index (χ1n) is 6.85. The van der Waals surface area contributed by atoms with E-state index in [0.717, 1.165) is 12.1 Å². The van der Waals surface area contributed by atoms with E-state index in [1.807, 2.05) is 49.5 Å². The van der Waals surface area contributed by atoms with Gasteiger partial charge < -0.3 is 10.6 Å². The Kier molecular flexibility index (Phi) is 3.18. The van der Waals surface area contributed by atoms with Gasteiger partial charge >= 0.3 is 0 Å². The minimum atomic E-state index is 0.111. The van der Waals surface area contributed by atoms with Crippen LogP contribution in [0.2, 0.25) is 0 Å². The molecule has 2 aromatic rings. The Bertz CT molecular complexity index is 607. The lowest BCUT2D eigenvalue weighted by Crippen LogP contribution is -2.28. The zero-order valence-electron chi connectivity index (χ0n) is 11.5. The summed E-state index contributed by atoms with van der Waals surface area (Å²) in [5.41, 5.74) is 8.53. The van der Waals surface area contributed by atoms with Gasteiger partial charge in [0, 0.05) is 24.3 Å². The second-order valence-corrected chi connectivity index (χ2v) is 5.35. The van der Waals surface area contributed by atoms with E-state index in [4.69, 9.17) is 5.73 Å². The smallest absolute Gasteiger partial charge is 0.230 e. The molecule has 1 fully saturated rings. The Labute approximate surface area is 119 Å². The molecule has 2 atom stereocenters. The van der Waals surface area contributed by atoms with Crippen LogP contribution in [0.5, 0.6) is 0 Å². The van der Waals surface area contributed by atoms with E-state index in [1.165, 1.54) is 5.56 Å². The highest BCUT2D eigenvalue weighted by atomic mass is 16.2. The topological polar surface area (TPSA) is 46.3 Å². The number of carbonyl (C=O) groups is 1. The van der Waals surface area contributed by atoms with E-state index >= 15 is 0 Å². The Morgan fingerprint density at radius 2 is 1.75 bits per heavy atom. The van der Waals surface area contributed by atoms with Crippen LogP contribution >= 0.6 is 0 Å². The molecule has 0 spiro atoms. The van der Waals surface area contributed by atoms with Crippen molar-refractivity contribution in [3.8, 4) is 0 Å². The molecule has 102 valence electrons. The molecule has 20 heavy (non-hydrogen) atoms. The van der Waals surface area contributed by atoms with Crippen molar-refractivity contribution in [1.29, 1.82) is 0 Å². The first kappa shape index (κ1) is 12.7. The third kappa shape index (κ3) is 2.39. The lowest BCUT2D eigenvalue weighted by molar-refractivity contribution is -0.119. The number of carbonyl (C=O) groups excluding carboxylic acids is 1. The van der Waals surface area contributed by atoms with Crippen LogP contribution in [0.1, 0.15) is 17.9 Å². The fraction of sp³-hybridized carbons (Fsp3) is 0.235. The number of rotatable bonds is 3. The number of nitrogens with two attached hydrogens (primary N) is 1. The molecule has 0 bridgehead atoms. The van der Waals surface area contributed by atoms with E-state index in [1.54, 1.807) is 4.90 Å². The fourth-order valence-electron chi connectivity index (χ4n) is 2.61. The SMILES string of the molecule is CN(C(=O)C1CC1c1ccccc1)c1ccc(N)cc1. The average molecular weight is 266 g/mol. The summed E-state index contributed by atoms with van der Waals surface area (Å²) in [7, 11) is 1.83. The van der Waals surface area contributed by atoms with Crippen LogP contribution in [-0.4, -0.2) is 13.0 Å². The summed E-state index contributed by atoms with van der Waals surface area (Å²) in [4.78, 5) is 14.2. The molecule has 2 unspecified atom stereocenters. The number of benzene rings is 2. The minimum absolute atomic E-state index is 0.111. The van der Waals surface area contributed by atoms with Gasteiger partial charge in [0.2, 0.25) is 5.91 Å². The molecule has 3 nitrogen and oxygen atoms in total. The molecule has 3 rings (SSSR count). The van der Waals surface area contributed by atoms with E-state index < -0.39 is 0 Å². The maximum absolute atomic E-state index is 12.5. The van der Waals surface area contributed by atoms with Crippen LogP contribution < -0.4 is 10.6 Å². The zero-order chi connectivity index (χ0) is 14.1. The number of amides is 1. The van der Waals surface area contributed by atoms with Crippen LogP contribution in [0.4, 0.5) is 11.4 Å². The Morgan fingerprint density at radius 1 is 1.10 bits per heavy atom. The summed E-state index contributed by atoms with van der Waals surface area (Å²) in [5.74, 6) is 0.670. The zero-order valence-corrected chi connectivity index (χ0v) is 11.5. The Balaban J connectivity index is 1.70. The van der Waals surface area contributed by atoms with Gasteiger partial charge in [0.15, 0.2) is 0 Å². The molecule has 1 aliphatic rings. The number of anilines is 2. The van der Waals surface area contributed by atoms with E-state index in [9.17, 15) is 4.79 Å². The van der Waals surface area contributed by atoms with Crippen LogP contribution in [0.25, 0.3) is 0 Å². The Morgan fingerprint density at radius 3 is 2.40 bits per heavy atom. The van der Waals surface area contributed by atoms with Crippen molar-refractivity contribution in [2.45, 2.75) is 12.3 Å². The first-order valence-corrected chi connectivity index (χ1v) is 6.85. The minimum Gasteiger partial charge on any atom is -0.399 e. The normalized spacial score (nSPS) is 20.4. The monoisotopic (exact) mass is 266 g/mol. The molecule has 0 saturated heterocycles. The molecule has 3 heteroatoms. The second kappa shape index (κ2) is 5.00. The van der Waals surface area contributed by atoms with Gasteiger partial charge in [0.25, 0.3) is 0 Å². The van der Waals surface area contributed by atoms with Gasteiger partial charge in [-0.2, -0.15) is 0 Å². The summed E-state index contributed by atoms with van der Waals surface area (Å²) in [6.07, 6.45) is 0.947. The third-order valence-electron chi connectivity index (χ3n) is 3.95. The predicted octanol–water partition coefficient (Wildman–Crippen LogP) is 3.04. The molecule has 0 heterocycles. The lowest BCUT2D eigenvalue weighted by atomic mass is 10.1. The van der Waals surface area contributed by atoms with Crippen LogP contribution in [-0.2, 0) is 4.79 Å². The van der Waals surface area contributed by atoms with Crippen LogP contribution in [0, 0.1) is 5.92 Å². The van der Waals surface area contributed by atoms with Gasteiger partial charge in [0.05, 0.1) is 0 Å².